The highest BCUT2D eigenvalue weighted by atomic mass is 16.5. The molecular weight excluding hydrogens is 202 g/mol. The first kappa shape index (κ1) is 12.7. The molecule has 0 N–H and O–H groups in total. The molecule has 1 aromatic rings. The van der Waals surface area contributed by atoms with E-state index in [2.05, 4.69) is 4.90 Å². The Labute approximate surface area is 97.0 Å². The molecule has 3 nitrogen and oxygen atoms in total. The summed E-state index contributed by atoms with van der Waals surface area (Å²) in [6.45, 7) is 3.03. The molecule has 0 heterocycles. The minimum absolute atomic E-state index is 0.157. The maximum atomic E-state index is 10.6. The van der Waals surface area contributed by atoms with Gasteiger partial charge in [0.1, 0.15) is 12.0 Å². The summed E-state index contributed by atoms with van der Waals surface area (Å²) >= 11 is 0. The van der Waals surface area contributed by atoms with E-state index in [0.29, 0.717) is 5.56 Å². The van der Waals surface area contributed by atoms with Crippen molar-refractivity contribution in [2.45, 2.75) is 19.4 Å². The lowest BCUT2D eigenvalue weighted by Gasteiger charge is -2.17. The maximum Gasteiger partial charge on any atom is 0.150 e. The van der Waals surface area contributed by atoms with Crippen LogP contribution in [0.4, 0.5) is 0 Å². The van der Waals surface area contributed by atoms with Gasteiger partial charge in [-0.2, -0.15) is 0 Å². The van der Waals surface area contributed by atoms with Gasteiger partial charge in [0.25, 0.3) is 0 Å². The SMILES string of the molecule is CC(CCN(C)C)Oc1cccc(C=O)c1. The van der Waals surface area contributed by atoms with Gasteiger partial charge in [0.05, 0.1) is 6.10 Å². The van der Waals surface area contributed by atoms with E-state index in [9.17, 15) is 4.79 Å². The molecule has 0 bridgehead atoms. The summed E-state index contributed by atoms with van der Waals surface area (Å²) in [6.07, 6.45) is 1.96. The molecule has 1 rings (SSSR count). The van der Waals surface area contributed by atoms with Crippen molar-refractivity contribution >= 4 is 6.29 Å². The van der Waals surface area contributed by atoms with Crippen molar-refractivity contribution in [1.82, 2.24) is 4.90 Å². The summed E-state index contributed by atoms with van der Waals surface area (Å²) in [5.41, 5.74) is 0.650. The van der Waals surface area contributed by atoms with Gasteiger partial charge in [0.2, 0.25) is 0 Å². The Kier molecular flexibility index (Phi) is 4.99. The number of aldehydes is 1. The molecule has 0 aliphatic carbocycles. The summed E-state index contributed by atoms with van der Waals surface area (Å²) in [5.74, 6) is 0.760. The molecule has 0 saturated heterocycles. The van der Waals surface area contributed by atoms with Crippen LogP contribution in [0.15, 0.2) is 24.3 Å². The average molecular weight is 221 g/mol. The normalized spacial score (nSPS) is 12.5. The number of hydrogen-bond donors (Lipinski definition) is 0. The Bertz CT molecular complexity index is 336. The lowest BCUT2D eigenvalue weighted by molar-refractivity contribution is 0.112. The van der Waals surface area contributed by atoms with Crippen LogP contribution in [0.1, 0.15) is 23.7 Å². The lowest BCUT2D eigenvalue weighted by atomic mass is 10.2. The van der Waals surface area contributed by atoms with Crippen molar-refractivity contribution in [3.8, 4) is 5.75 Å². The molecule has 1 unspecified atom stereocenters. The zero-order valence-electron chi connectivity index (χ0n) is 10.1. The molecule has 88 valence electrons. The number of ether oxygens (including phenoxy) is 1. The lowest BCUT2D eigenvalue weighted by Crippen LogP contribution is -2.21. The fraction of sp³-hybridized carbons (Fsp3) is 0.462. The molecule has 0 fully saturated rings. The summed E-state index contributed by atoms with van der Waals surface area (Å²) < 4.78 is 5.72. The first-order valence-electron chi connectivity index (χ1n) is 5.48. The molecule has 0 aromatic heterocycles. The van der Waals surface area contributed by atoms with Crippen LogP contribution >= 0.6 is 0 Å². The van der Waals surface area contributed by atoms with E-state index < -0.39 is 0 Å². The minimum Gasteiger partial charge on any atom is -0.491 e. The quantitative estimate of drug-likeness (QED) is 0.690. The van der Waals surface area contributed by atoms with Crippen LogP contribution in [0, 0.1) is 0 Å². The number of benzene rings is 1. The van der Waals surface area contributed by atoms with Crippen molar-refractivity contribution in [1.29, 1.82) is 0 Å². The minimum atomic E-state index is 0.157. The molecule has 3 heteroatoms. The Balaban J connectivity index is 2.48. The van der Waals surface area contributed by atoms with E-state index in [1.807, 2.05) is 33.2 Å². The van der Waals surface area contributed by atoms with E-state index in [4.69, 9.17) is 4.74 Å². The van der Waals surface area contributed by atoms with Gasteiger partial charge in [-0.1, -0.05) is 12.1 Å². The number of carbonyl (C=O) groups is 1. The Morgan fingerprint density at radius 3 is 2.81 bits per heavy atom. The number of carbonyl (C=O) groups excluding carboxylic acids is 1. The Morgan fingerprint density at radius 2 is 2.19 bits per heavy atom. The van der Waals surface area contributed by atoms with Gasteiger partial charge in [0.15, 0.2) is 0 Å². The Hall–Kier alpha value is -1.35. The number of nitrogens with zero attached hydrogens (tertiary/aromatic N) is 1. The Morgan fingerprint density at radius 1 is 1.44 bits per heavy atom. The molecule has 0 saturated carbocycles. The van der Waals surface area contributed by atoms with E-state index in [1.54, 1.807) is 12.1 Å². The fourth-order valence-electron chi connectivity index (χ4n) is 1.39. The maximum absolute atomic E-state index is 10.6. The van der Waals surface area contributed by atoms with Crippen molar-refractivity contribution in [2.24, 2.45) is 0 Å². The summed E-state index contributed by atoms with van der Waals surface area (Å²) in [5, 5.41) is 0. The van der Waals surface area contributed by atoms with Crippen LogP contribution in [-0.2, 0) is 0 Å². The highest BCUT2D eigenvalue weighted by Crippen LogP contribution is 2.14. The van der Waals surface area contributed by atoms with Gasteiger partial charge in [-0.15, -0.1) is 0 Å². The second-order valence-corrected chi connectivity index (χ2v) is 4.21. The number of rotatable bonds is 6. The van der Waals surface area contributed by atoms with Gasteiger partial charge >= 0.3 is 0 Å². The number of hydrogen-bond acceptors (Lipinski definition) is 3. The predicted octanol–water partition coefficient (Wildman–Crippen LogP) is 2.22. The van der Waals surface area contributed by atoms with Crippen molar-refractivity contribution in [3.05, 3.63) is 29.8 Å². The molecule has 0 spiro atoms. The second-order valence-electron chi connectivity index (χ2n) is 4.21. The summed E-state index contributed by atoms with van der Waals surface area (Å²) in [7, 11) is 4.08. The van der Waals surface area contributed by atoms with Crippen LogP contribution in [0.25, 0.3) is 0 Å². The smallest absolute Gasteiger partial charge is 0.150 e. The second kappa shape index (κ2) is 6.28. The van der Waals surface area contributed by atoms with Gasteiger partial charge in [0, 0.05) is 12.1 Å². The predicted molar refractivity (Wildman–Crippen MR) is 65.1 cm³/mol. The van der Waals surface area contributed by atoms with Gasteiger partial charge in [-0.25, -0.2) is 0 Å². The fourth-order valence-corrected chi connectivity index (χ4v) is 1.39. The van der Waals surface area contributed by atoms with Crippen LogP contribution in [0.5, 0.6) is 5.75 Å². The van der Waals surface area contributed by atoms with Crippen LogP contribution in [-0.4, -0.2) is 37.9 Å². The van der Waals surface area contributed by atoms with E-state index in [0.717, 1.165) is 25.0 Å². The molecule has 0 amide bonds. The largest absolute Gasteiger partial charge is 0.491 e. The molecular formula is C13H19NO2. The van der Waals surface area contributed by atoms with Crippen LogP contribution in [0.3, 0.4) is 0 Å². The third-order valence-electron chi connectivity index (χ3n) is 2.31. The van der Waals surface area contributed by atoms with E-state index in [1.165, 1.54) is 0 Å². The van der Waals surface area contributed by atoms with Crippen LogP contribution < -0.4 is 4.74 Å². The molecule has 16 heavy (non-hydrogen) atoms. The van der Waals surface area contributed by atoms with Gasteiger partial charge in [-0.05, 0) is 39.6 Å². The third kappa shape index (κ3) is 4.45. The van der Waals surface area contributed by atoms with Gasteiger partial charge < -0.3 is 9.64 Å². The summed E-state index contributed by atoms with van der Waals surface area (Å²) in [4.78, 5) is 12.7. The van der Waals surface area contributed by atoms with Gasteiger partial charge in [-0.3, -0.25) is 4.79 Å². The zero-order chi connectivity index (χ0) is 12.0. The zero-order valence-corrected chi connectivity index (χ0v) is 10.1. The molecule has 0 aliphatic rings. The molecule has 0 radical (unpaired) electrons. The average Bonchev–Trinajstić information content (AvgIpc) is 2.26. The van der Waals surface area contributed by atoms with Crippen molar-refractivity contribution in [3.63, 3.8) is 0 Å². The molecule has 0 aliphatic heterocycles. The topological polar surface area (TPSA) is 29.5 Å². The third-order valence-corrected chi connectivity index (χ3v) is 2.31. The van der Waals surface area contributed by atoms with E-state index >= 15 is 0 Å². The highest BCUT2D eigenvalue weighted by Gasteiger charge is 2.05. The van der Waals surface area contributed by atoms with E-state index in [-0.39, 0.29) is 6.10 Å². The first-order chi connectivity index (χ1) is 7.61. The summed E-state index contributed by atoms with van der Waals surface area (Å²) in [6, 6.07) is 7.24. The van der Waals surface area contributed by atoms with Crippen LogP contribution in [0.2, 0.25) is 0 Å². The van der Waals surface area contributed by atoms with Crippen molar-refractivity contribution in [2.75, 3.05) is 20.6 Å². The first-order valence-corrected chi connectivity index (χ1v) is 5.48. The molecule has 1 aromatic carbocycles. The molecule has 1 atom stereocenters. The highest BCUT2D eigenvalue weighted by molar-refractivity contribution is 5.75. The standard InChI is InChI=1S/C13H19NO2/c1-11(7-8-14(2)3)16-13-6-4-5-12(9-13)10-15/h4-6,9-11H,7-8H2,1-3H3. The van der Waals surface area contributed by atoms with Crippen molar-refractivity contribution < 1.29 is 9.53 Å². The monoisotopic (exact) mass is 221 g/mol.